The molecule has 1 aliphatic heterocycles. The van der Waals surface area contributed by atoms with Gasteiger partial charge in [0.05, 0.1) is 0 Å². The number of allylic oxidation sites excluding steroid dienone is 1. The lowest BCUT2D eigenvalue weighted by molar-refractivity contribution is -0.122. The Balaban J connectivity index is 2.22. The third-order valence-corrected chi connectivity index (χ3v) is 2.11. The standard InChI is InChI=1S/C9H15NO/c1-2-3-4-9(11)8-5-6-10-7-8/h2,8,10H,1,3-7H2/t8-/m0/s1. The van der Waals surface area contributed by atoms with Crippen LogP contribution in [-0.4, -0.2) is 18.9 Å². The van der Waals surface area contributed by atoms with E-state index in [1.54, 1.807) is 6.08 Å². The molecule has 11 heavy (non-hydrogen) atoms. The summed E-state index contributed by atoms with van der Waals surface area (Å²) in [7, 11) is 0. The molecular formula is C9H15NO. The van der Waals surface area contributed by atoms with Gasteiger partial charge in [0, 0.05) is 18.9 Å². The molecule has 2 heteroatoms. The smallest absolute Gasteiger partial charge is 0.137 e. The molecule has 1 heterocycles. The first-order chi connectivity index (χ1) is 5.34. The summed E-state index contributed by atoms with van der Waals surface area (Å²) in [4.78, 5) is 11.3. The molecule has 0 aromatic rings. The molecule has 0 spiro atoms. The molecule has 1 atom stereocenters. The molecule has 0 radical (unpaired) electrons. The average molecular weight is 153 g/mol. The minimum Gasteiger partial charge on any atom is -0.316 e. The Morgan fingerprint density at radius 2 is 2.55 bits per heavy atom. The molecule has 0 aromatic heterocycles. The average Bonchev–Trinajstić information content (AvgIpc) is 2.52. The first kappa shape index (κ1) is 8.47. The van der Waals surface area contributed by atoms with E-state index >= 15 is 0 Å². The maximum Gasteiger partial charge on any atom is 0.137 e. The lowest BCUT2D eigenvalue weighted by atomic mass is 10.00. The second-order valence-corrected chi connectivity index (χ2v) is 2.98. The summed E-state index contributed by atoms with van der Waals surface area (Å²) in [5, 5.41) is 3.18. The summed E-state index contributed by atoms with van der Waals surface area (Å²) in [5.41, 5.74) is 0. The molecule has 1 saturated heterocycles. The molecule has 0 aliphatic carbocycles. The maximum absolute atomic E-state index is 11.3. The molecule has 0 aromatic carbocycles. The summed E-state index contributed by atoms with van der Waals surface area (Å²) in [6, 6.07) is 0. The van der Waals surface area contributed by atoms with Crippen LogP contribution in [0.2, 0.25) is 0 Å². The molecule has 0 saturated carbocycles. The highest BCUT2D eigenvalue weighted by Gasteiger charge is 2.20. The Hall–Kier alpha value is -0.630. The molecule has 2 nitrogen and oxygen atoms in total. The summed E-state index contributed by atoms with van der Waals surface area (Å²) >= 11 is 0. The van der Waals surface area contributed by atoms with Crippen LogP contribution < -0.4 is 5.32 Å². The predicted molar refractivity (Wildman–Crippen MR) is 45.4 cm³/mol. The summed E-state index contributed by atoms with van der Waals surface area (Å²) < 4.78 is 0. The van der Waals surface area contributed by atoms with Crippen LogP contribution in [0.15, 0.2) is 12.7 Å². The minimum atomic E-state index is 0.287. The van der Waals surface area contributed by atoms with Crippen molar-refractivity contribution in [3.63, 3.8) is 0 Å². The highest BCUT2D eigenvalue weighted by atomic mass is 16.1. The molecule has 62 valence electrons. The largest absolute Gasteiger partial charge is 0.316 e. The molecular weight excluding hydrogens is 138 g/mol. The highest BCUT2D eigenvalue weighted by molar-refractivity contribution is 5.81. The van der Waals surface area contributed by atoms with Gasteiger partial charge in [0.1, 0.15) is 5.78 Å². The molecule has 1 fully saturated rings. The van der Waals surface area contributed by atoms with Crippen molar-refractivity contribution in [1.82, 2.24) is 5.32 Å². The summed E-state index contributed by atoms with van der Waals surface area (Å²) in [6.45, 7) is 5.48. The zero-order valence-corrected chi connectivity index (χ0v) is 6.81. The second-order valence-electron chi connectivity index (χ2n) is 2.98. The molecule has 1 N–H and O–H groups in total. The number of Topliss-reactive ketones (excluding diaryl/α,β-unsaturated/α-hetero) is 1. The SMILES string of the molecule is C=CCCC(=O)[C@H]1CCNC1. The predicted octanol–water partition coefficient (Wildman–Crippen LogP) is 1.13. The highest BCUT2D eigenvalue weighted by Crippen LogP contribution is 2.11. The minimum absolute atomic E-state index is 0.287. The summed E-state index contributed by atoms with van der Waals surface area (Å²) in [6.07, 6.45) is 4.33. The number of nitrogens with one attached hydrogen (secondary N) is 1. The van der Waals surface area contributed by atoms with Crippen molar-refractivity contribution in [2.45, 2.75) is 19.3 Å². The fraction of sp³-hybridized carbons (Fsp3) is 0.667. The van der Waals surface area contributed by atoms with Gasteiger partial charge in [0.2, 0.25) is 0 Å². The van der Waals surface area contributed by atoms with Gasteiger partial charge >= 0.3 is 0 Å². The van der Waals surface area contributed by atoms with E-state index in [4.69, 9.17) is 0 Å². The second kappa shape index (κ2) is 4.29. The van der Waals surface area contributed by atoms with Crippen molar-refractivity contribution in [2.24, 2.45) is 5.92 Å². The fourth-order valence-corrected chi connectivity index (χ4v) is 1.38. The van der Waals surface area contributed by atoms with Crippen LogP contribution in [0.3, 0.4) is 0 Å². The Labute approximate surface area is 67.7 Å². The zero-order valence-electron chi connectivity index (χ0n) is 6.81. The van der Waals surface area contributed by atoms with E-state index in [0.29, 0.717) is 12.2 Å². The monoisotopic (exact) mass is 153 g/mol. The maximum atomic E-state index is 11.3. The van der Waals surface area contributed by atoms with Gasteiger partial charge in [-0.25, -0.2) is 0 Å². The first-order valence-corrected chi connectivity index (χ1v) is 4.19. The van der Waals surface area contributed by atoms with E-state index in [1.807, 2.05) is 0 Å². The lowest BCUT2D eigenvalue weighted by Gasteiger charge is -2.04. The van der Waals surface area contributed by atoms with E-state index in [-0.39, 0.29) is 5.92 Å². The van der Waals surface area contributed by atoms with E-state index < -0.39 is 0 Å². The first-order valence-electron chi connectivity index (χ1n) is 4.19. The van der Waals surface area contributed by atoms with Gasteiger partial charge in [-0.05, 0) is 19.4 Å². The van der Waals surface area contributed by atoms with Crippen LogP contribution in [0.25, 0.3) is 0 Å². The van der Waals surface area contributed by atoms with Crippen molar-refractivity contribution in [3.8, 4) is 0 Å². The Kier molecular flexibility index (Phi) is 3.30. The van der Waals surface area contributed by atoms with Crippen LogP contribution in [0.5, 0.6) is 0 Å². The van der Waals surface area contributed by atoms with Gasteiger partial charge in [0.25, 0.3) is 0 Å². The Morgan fingerprint density at radius 1 is 1.73 bits per heavy atom. The molecule has 0 amide bonds. The van der Waals surface area contributed by atoms with E-state index in [9.17, 15) is 4.79 Å². The third-order valence-electron chi connectivity index (χ3n) is 2.11. The molecule has 0 bridgehead atoms. The van der Waals surface area contributed by atoms with Gasteiger partial charge in [-0.15, -0.1) is 6.58 Å². The number of carbonyl (C=O) groups is 1. The van der Waals surface area contributed by atoms with Gasteiger partial charge in [-0.1, -0.05) is 6.08 Å². The zero-order chi connectivity index (χ0) is 8.10. The van der Waals surface area contributed by atoms with E-state index in [0.717, 1.165) is 25.9 Å². The number of ketones is 1. The third kappa shape index (κ3) is 2.46. The molecule has 1 rings (SSSR count). The Bertz CT molecular complexity index is 148. The lowest BCUT2D eigenvalue weighted by Crippen LogP contribution is -2.17. The van der Waals surface area contributed by atoms with Crippen LogP contribution >= 0.6 is 0 Å². The van der Waals surface area contributed by atoms with Crippen LogP contribution in [-0.2, 0) is 4.79 Å². The summed E-state index contributed by atoms with van der Waals surface area (Å²) in [5.74, 6) is 0.685. The van der Waals surface area contributed by atoms with Crippen molar-refractivity contribution < 1.29 is 4.79 Å². The van der Waals surface area contributed by atoms with Crippen molar-refractivity contribution >= 4 is 5.78 Å². The van der Waals surface area contributed by atoms with Gasteiger partial charge < -0.3 is 5.32 Å². The molecule has 1 aliphatic rings. The van der Waals surface area contributed by atoms with Gasteiger partial charge in [-0.3, -0.25) is 4.79 Å². The number of hydrogen-bond acceptors (Lipinski definition) is 2. The van der Waals surface area contributed by atoms with Crippen LogP contribution in [0.1, 0.15) is 19.3 Å². The number of carbonyl (C=O) groups excluding carboxylic acids is 1. The van der Waals surface area contributed by atoms with E-state index in [2.05, 4.69) is 11.9 Å². The van der Waals surface area contributed by atoms with Crippen LogP contribution in [0, 0.1) is 5.92 Å². The Morgan fingerprint density at radius 3 is 3.09 bits per heavy atom. The fourth-order valence-electron chi connectivity index (χ4n) is 1.38. The number of hydrogen-bond donors (Lipinski definition) is 1. The topological polar surface area (TPSA) is 29.1 Å². The van der Waals surface area contributed by atoms with Crippen molar-refractivity contribution in [3.05, 3.63) is 12.7 Å². The van der Waals surface area contributed by atoms with Crippen LogP contribution in [0.4, 0.5) is 0 Å². The van der Waals surface area contributed by atoms with E-state index in [1.165, 1.54) is 0 Å². The van der Waals surface area contributed by atoms with Gasteiger partial charge in [-0.2, -0.15) is 0 Å². The normalized spacial score (nSPS) is 23.5. The van der Waals surface area contributed by atoms with Crippen molar-refractivity contribution in [2.75, 3.05) is 13.1 Å². The van der Waals surface area contributed by atoms with Gasteiger partial charge in [0.15, 0.2) is 0 Å². The molecule has 0 unspecified atom stereocenters. The van der Waals surface area contributed by atoms with Crippen molar-refractivity contribution in [1.29, 1.82) is 0 Å². The number of rotatable bonds is 4. The quantitative estimate of drug-likeness (QED) is 0.613.